The molecule has 3 rings (SSSR count). The van der Waals surface area contributed by atoms with Crippen LogP contribution in [0, 0.1) is 5.92 Å². The van der Waals surface area contributed by atoms with E-state index in [1.165, 1.54) is 4.90 Å². The van der Waals surface area contributed by atoms with Gasteiger partial charge < -0.3 is 19.3 Å². The van der Waals surface area contributed by atoms with Gasteiger partial charge in [-0.1, -0.05) is 25.5 Å². The first-order valence-corrected chi connectivity index (χ1v) is 13.8. The van der Waals surface area contributed by atoms with Crippen LogP contribution in [0.2, 0.25) is 0 Å². The number of methoxy groups -OCH3 is 1. The molecule has 1 atom stereocenters. The average Bonchev–Trinajstić information content (AvgIpc) is 3.59. The molecule has 11 nitrogen and oxygen atoms in total. The Labute approximate surface area is 230 Å². The zero-order valence-corrected chi connectivity index (χ0v) is 23.6. The van der Waals surface area contributed by atoms with E-state index in [0.29, 0.717) is 31.3 Å². The van der Waals surface area contributed by atoms with E-state index in [4.69, 9.17) is 9.47 Å². The fourth-order valence-corrected chi connectivity index (χ4v) is 4.61. The van der Waals surface area contributed by atoms with Crippen LogP contribution in [0.25, 0.3) is 0 Å². The molecule has 0 bridgehead atoms. The van der Waals surface area contributed by atoms with Crippen LogP contribution in [0.5, 0.6) is 5.75 Å². The number of nitrogens with one attached hydrogen (secondary N) is 2. The van der Waals surface area contributed by atoms with Gasteiger partial charge in [0.1, 0.15) is 11.6 Å². The number of carbonyl (C=O) groups is 3. The van der Waals surface area contributed by atoms with Crippen molar-refractivity contribution in [1.29, 1.82) is 0 Å². The lowest BCUT2D eigenvalue weighted by Gasteiger charge is -2.19. The van der Waals surface area contributed by atoms with Gasteiger partial charge in [0.05, 0.1) is 20.1 Å². The Kier molecular flexibility index (Phi) is 11.7. The molecule has 0 spiro atoms. The van der Waals surface area contributed by atoms with E-state index in [9.17, 15) is 14.4 Å². The van der Waals surface area contributed by atoms with Crippen LogP contribution in [-0.2, 0) is 38.4 Å². The minimum Gasteiger partial charge on any atom is -0.496 e. The zero-order chi connectivity index (χ0) is 28.2. The fraction of sp³-hybridized carbons (Fsp3) is 0.607. The Hall–Kier alpha value is -3.47. The van der Waals surface area contributed by atoms with Crippen LogP contribution in [0.4, 0.5) is 5.95 Å². The van der Waals surface area contributed by atoms with E-state index in [0.717, 1.165) is 55.8 Å². The second-order valence-corrected chi connectivity index (χ2v) is 9.99. The number of rotatable bonds is 15. The van der Waals surface area contributed by atoms with Crippen molar-refractivity contribution in [3.63, 3.8) is 0 Å². The Morgan fingerprint density at radius 1 is 1.23 bits per heavy atom. The smallest absolute Gasteiger partial charge is 0.248 e. The maximum Gasteiger partial charge on any atom is 0.248 e. The van der Waals surface area contributed by atoms with Gasteiger partial charge in [0.15, 0.2) is 0 Å². The lowest BCUT2D eigenvalue weighted by molar-refractivity contribution is -0.133. The zero-order valence-electron chi connectivity index (χ0n) is 23.6. The number of unbranched alkanes of at least 4 members (excludes halogenated alkanes) is 1. The summed E-state index contributed by atoms with van der Waals surface area (Å²) >= 11 is 0. The summed E-state index contributed by atoms with van der Waals surface area (Å²) in [6.45, 7) is 6.80. The van der Waals surface area contributed by atoms with Crippen molar-refractivity contribution in [3.05, 3.63) is 35.2 Å². The molecule has 11 heteroatoms. The summed E-state index contributed by atoms with van der Waals surface area (Å²) < 4.78 is 11.0. The normalized spacial score (nSPS) is 14.7. The number of carbonyl (C=O) groups excluding carboxylic acids is 3. The Bertz CT molecular complexity index is 1100. The van der Waals surface area contributed by atoms with Gasteiger partial charge >= 0.3 is 0 Å². The second kappa shape index (κ2) is 15.2. The van der Waals surface area contributed by atoms with Gasteiger partial charge in [0, 0.05) is 39.8 Å². The van der Waals surface area contributed by atoms with Crippen LogP contribution in [0.15, 0.2) is 18.2 Å². The summed E-state index contributed by atoms with van der Waals surface area (Å²) in [4.78, 5) is 45.1. The number of anilines is 1. The minimum atomic E-state index is -0.411. The Morgan fingerprint density at radius 2 is 2.05 bits per heavy atom. The summed E-state index contributed by atoms with van der Waals surface area (Å²) in [5.41, 5.74) is 2.18. The third-order valence-electron chi connectivity index (χ3n) is 6.93. The average molecular weight is 543 g/mol. The van der Waals surface area contributed by atoms with Crippen molar-refractivity contribution in [2.45, 2.75) is 58.8 Å². The van der Waals surface area contributed by atoms with Crippen molar-refractivity contribution in [2.24, 2.45) is 5.92 Å². The molecular weight excluding hydrogens is 500 g/mol. The molecule has 1 aromatic heterocycles. The maximum absolute atomic E-state index is 12.7. The summed E-state index contributed by atoms with van der Waals surface area (Å²) in [6.07, 6.45) is 4.81. The van der Waals surface area contributed by atoms with Crippen molar-refractivity contribution in [1.82, 2.24) is 25.0 Å². The number of likely N-dealkylation sites (N-methyl/N-ethyl adjacent to an activating group) is 2. The summed E-state index contributed by atoms with van der Waals surface area (Å²) in [5, 5.41) is 9.28. The third-order valence-corrected chi connectivity index (χ3v) is 6.93. The lowest BCUT2D eigenvalue weighted by Crippen LogP contribution is -2.35. The van der Waals surface area contributed by atoms with E-state index in [1.807, 2.05) is 19.1 Å². The van der Waals surface area contributed by atoms with Crippen LogP contribution >= 0.6 is 0 Å². The van der Waals surface area contributed by atoms with Gasteiger partial charge in [0.2, 0.25) is 23.7 Å². The fourth-order valence-electron chi connectivity index (χ4n) is 4.61. The predicted octanol–water partition coefficient (Wildman–Crippen LogP) is 2.61. The largest absolute Gasteiger partial charge is 0.496 e. The number of aromatic amines is 1. The Balaban J connectivity index is 1.45. The number of hydrogen-bond donors (Lipinski definition) is 2. The monoisotopic (exact) mass is 542 g/mol. The molecule has 2 aromatic rings. The van der Waals surface area contributed by atoms with Gasteiger partial charge in [-0.15, -0.1) is 5.10 Å². The van der Waals surface area contributed by atoms with Gasteiger partial charge in [-0.25, -0.2) is 0 Å². The van der Waals surface area contributed by atoms with Gasteiger partial charge in [-0.05, 0) is 55.7 Å². The first-order valence-electron chi connectivity index (χ1n) is 13.8. The molecule has 214 valence electrons. The number of H-pyrrole nitrogens is 1. The quantitative estimate of drug-likeness (QED) is 0.354. The molecule has 1 aliphatic rings. The van der Waals surface area contributed by atoms with E-state index >= 15 is 0 Å². The van der Waals surface area contributed by atoms with Crippen LogP contribution in [0.3, 0.4) is 0 Å². The highest BCUT2D eigenvalue weighted by atomic mass is 16.5. The van der Waals surface area contributed by atoms with Gasteiger partial charge in [-0.3, -0.25) is 24.8 Å². The highest BCUT2D eigenvalue weighted by Gasteiger charge is 2.20. The number of aromatic nitrogens is 3. The molecule has 1 aromatic carbocycles. The molecule has 1 aliphatic heterocycles. The first-order chi connectivity index (χ1) is 18.8. The molecule has 1 unspecified atom stereocenters. The molecule has 2 heterocycles. The second-order valence-electron chi connectivity index (χ2n) is 9.99. The van der Waals surface area contributed by atoms with Crippen LogP contribution < -0.4 is 10.1 Å². The number of aryl methyl sites for hydroxylation is 1. The summed E-state index contributed by atoms with van der Waals surface area (Å²) in [5.74, 6) is 1.21. The molecule has 39 heavy (non-hydrogen) atoms. The number of benzene rings is 1. The van der Waals surface area contributed by atoms with E-state index in [1.54, 1.807) is 19.1 Å². The molecule has 0 saturated carbocycles. The van der Waals surface area contributed by atoms with Gasteiger partial charge in [-0.2, -0.15) is 4.98 Å². The standard InChI is InChI=1S/C28H42N6O5/c1-5-7-13-34(6-2)27(37)17-24-29-28(32-31-24)30-25(35)18-33(3)26(36)11-9-20-8-10-23(38-4)22(15-20)16-21-12-14-39-19-21/h8,10,15,21H,5-7,9,11-14,16-19H2,1-4H3,(H2,29,30,31,32,35). The Morgan fingerprint density at radius 3 is 2.74 bits per heavy atom. The number of nitrogens with zero attached hydrogens (tertiary/aromatic N) is 4. The molecule has 2 N–H and O–H groups in total. The van der Waals surface area contributed by atoms with Crippen molar-refractivity contribution < 1.29 is 23.9 Å². The summed E-state index contributed by atoms with van der Waals surface area (Å²) in [7, 11) is 3.26. The van der Waals surface area contributed by atoms with Gasteiger partial charge in [0.25, 0.3) is 0 Å². The van der Waals surface area contributed by atoms with Crippen molar-refractivity contribution in [2.75, 3.05) is 52.3 Å². The van der Waals surface area contributed by atoms with Crippen molar-refractivity contribution in [3.8, 4) is 5.75 Å². The molecule has 3 amide bonds. The molecule has 1 fully saturated rings. The summed E-state index contributed by atoms with van der Waals surface area (Å²) in [6, 6.07) is 6.03. The lowest BCUT2D eigenvalue weighted by atomic mass is 9.95. The molecule has 1 saturated heterocycles. The van der Waals surface area contributed by atoms with E-state index < -0.39 is 5.91 Å². The number of hydrogen-bond acceptors (Lipinski definition) is 7. The van der Waals surface area contributed by atoms with Crippen LogP contribution in [-0.4, -0.2) is 89.7 Å². The third kappa shape index (κ3) is 9.35. The first kappa shape index (κ1) is 30.1. The maximum atomic E-state index is 12.7. The van der Waals surface area contributed by atoms with E-state index in [2.05, 4.69) is 33.5 Å². The molecule has 0 radical (unpaired) electrons. The van der Waals surface area contributed by atoms with Crippen LogP contribution in [0.1, 0.15) is 56.5 Å². The number of ether oxygens (including phenoxy) is 2. The highest BCUT2D eigenvalue weighted by Crippen LogP contribution is 2.26. The minimum absolute atomic E-state index is 0.0400. The van der Waals surface area contributed by atoms with E-state index in [-0.39, 0.29) is 37.1 Å². The van der Waals surface area contributed by atoms with Crippen molar-refractivity contribution >= 4 is 23.7 Å². The number of amides is 3. The molecular formula is C28H42N6O5. The SMILES string of the molecule is CCCCN(CC)C(=O)Cc1nc(NC(=O)CN(C)C(=O)CCc2ccc(OC)c(CC3CCOC3)c2)n[nH]1. The topological polar surface area (TPSA) is 130 Å². The molecule has 0 aliphatic carbocycles. The predicted molar refractivity (Wildman–Crippen MR) is 147 cm³/mol. The highest BCUT2D eigenvalue weighted by molar-refractivity contribution is 5.93.